The Balaban J connectivity index is 2.04. The number of hydrogen-bond donors (Lipinski definition) is 1. The first kappa shape index (κ1) is 13.5. The monoisotopic (exact) mass is 280 g/mol. The van der Waals surface area contributed by atoms with Crippen LogP contribution >= 0.6 is 22.9 Å². The van der Waals surface area contributed by atoms with E-state index in [1.54, 1.807) is 11.3 Å². The van der Waals surface area contributed by atoms with Crippen LogP contribution in [0.15, 0.2) is 29.6 Å². The SMILES string of the molecule is Cc1nc(CNC(C)(C)c2ccc(Cl)cc2)cs1. The van der Waals surface area contributed by atoms with E-state index in [4.69, 9.17) is 11.6 Å². The highest BCUT2D eigenvalue weighted by atomic mass is 35.5. The zero-order chi connectivity index (χ0) is 13.2. The van der Waals surface area contributed by atoms with E-state index in [1.807, 2.05) is 19.1 Å². The third-order valence-electron chi connectivity index (χ3n) is 2.94. The first-order chi connectivity index (χ1) is 8.47. The van der Waals surface area contributed by atoms with E-state index in [0.717, 1.165) is 22.3 Å². The fourth-order valence-electron chi connectivity index (χ4n) is 1.77. The minimum Gasteiger partial charge on any atom is -0.302 e. The van der Waals surface area contributed by atoms with Gasteiger partial charge in [-0.25, -0.2) is 4.98 Å². The fraction of sp³-hybridized carbons (Fsp3) is 0.357. The molecule has 0 aliphatic heterocycles. The molecule has 1 heterocycles. The van der Waals surface area contributed by atoms with E-state index < -0.39 is 0 Å². The van der Waals surface area contributed by atoms with Crippen molar-refractivity contribution in [3.05, 3.63) is 50.9 Å². The maximum absolute atomic E-state index is 5.91. The molecule has 0 saturated heterocycles. The summed E-state index contributed by atoms with van der Waals surface area (Å²) in [5.74, 6) is 0. The van der Waals surface area contributed by atoms with Crippen molar-refractivity contribution in [2.24, 2.45) is 0 Å². The normalized spacial score (nSPS) is 11.8. The molecular weight excluding hydrogens is 264 g/mol. The van der Waals surface area contributed by atoms with E-state index >= 15 is 0 Å². The van der Waals surface area contributed by atoms with Crippen LogP contribution in [0.25, 0.3) is 0 Å². The maximum Gasteiger partial charge on any atom is 0.0897 e. The molecule has 0 atom stereocenters. The molecule has 2 nitrogen and oxygen atoms in total. The average Bonchev–Trinajstić information content (AvgIpc) is 2.73. The van der Waals surface area contributed by atoms with Crippen LogP contribution in [-0.4, -0.2) is 4.98 Å². The molecule has 1 aromatic carbocycles. The quantitative estimate of drug-likeness (QED) is 0.911. The number of benzene rings is 1. The lowest BCUT2D eigenvalue weighted by atomic mass is 9.94. The van der Waals surface area contributed by atoms with Gasteiger partial charge in [0.25, 0.3) is 0 Å². The van der Waals surface area contributed by atoms with Gasteiger partial charge in [-0.05, 0) is 38.5 Å². The van der Waals surface area contributed by atoms with Crippen LogP contribution in [0.2, 0.25) is 5.02 Å². The van der Waals surface area contributed by atoms with Crippen LogP contribution in [0, 0.1) is 6.92 Å². The zero-order valence-corrected chi connectivity index (χ0v) is 12.4. The van der Waals surface area contributed by atoms with Crippen LogP contribution in [0.4, 0.5) is 0 Å². The summed E-state index contributed by atoms with van der Waals surface area (Å²) in [6, 6.07) is 7.96. The third-order valence-corrected chi connectivity index (χ3v) is 4.02. The molecule has 0 aliphatic rings. The van der Waals surface area contributed by atoms with Gasteiger partial charge in [0.1, 0.15) is 0 Å². The molecule has 96 valence electrons. The van der Waals surface area contributed by atoms with Crippen molar-refractivity contribution < 1.29 is 0 Å². The Hall–Kier alpha value is -0.900. The number of nitrogens with one attached hydrogen (secondary N) is 1. The Morgan fingerprint density at radius 3 is 2.50 bits per heavy atom. The predicted molar refractivity (Wildman–Crippen MR) is 78.2 cm³/mol. The Labute approximate surface area is 117 Å². The Bertz CT molecular complexity index is 517. The second-order valence-electron chi connectivity index (χ2n) is 4.84. The summed E-state index contributed by atoms with van der Waals surface area (Å²) in [4.78, 5) is 4.46. The van der Waals surface area contributed by atoms with Gasteiger partial charge in [0.15, 0.2) is 0 Å². The van der Waals surface area contributed by atoms with Gasteiger partial charge in [0.2, 0.25) is 0 Å². The van der Waals surface area contributed by atoms with Gasteiger partial charge in [-0.15, -0.1) is 11.3 Å². The molecule has 1 N–H and O–H groups in total. The van der Waals surface area contributed by atoms with Crippen molar-refractivity contribution in [2.45, 2.75) is 32.9 Å². The number of halogens is 1. The summed E-state index contributed by atoms with van der Waals surface area (Å²) in [7, 11) is 0. The van der Waals surface area contributed by atoms with Crippen molar-refractivity contribution >= 4 is 22.9 Å². The molecule has 0 fully saturated rings. The Morgan fingerprint density at radius 1 is 1.28 bits per heavy atom. The number of hydrogen-bond acceptors (Lipinski definition) is 3. The molecule has 18 heavy (non-hydrogen) atoms. The summed E-state index contributed by atoms with van der Waals surface area (Å²) in [5.41, 5.74) is 2.22. The standard InChI is InChI=1S/C14H17ClN2S/c1-10-17-13(9-18-10)8-16-14(2,3)11-4-6-12(15)7-5-11/h4-7,9,16H,8H2,1-3H3. The van der Waals surface area contributed by atoms with Gasteiger partial charge in [-0.3, -0.25) is 0 Å². The second-order valence-corrected chi connectivity index (χ2v) is 6.34. The topological polar surface area (TPSA) is 24.9 Å². The molecule has 0 aliphatic carbocycles. The first-order valence-corrected chi connectivity index (χ1v) is 7.15. The molecule has 2 rings (SSSR count). The summed E-state index contributed by atoms with van der Waals surface area (Å²) >= 11 is 7.59. The largest absolute Gasteiger partial charge is 0.302 e. The molecular formula is C14H17ClN2S. The van der Waals surface area contributed by atoms with Crippen molar-refractivity contribution in [3.63, 3.8) is 0 Å². The van der Waals surface area contributed by atoms with E-state index in [1.165, 1.54) is 5.56 Å². The van der Waals surface area contributed by atoms with Crippen LogP contribution < -0.4 is 5.32 Å². The molecule has 1 aromatic heterocycles. The van der Waals surface area contributed by atoms with Crippen LogP contribution in [0.1, 0.15) is 30.1 Å². The Kier molecular flexibility index (Phi) is 4.05. The zero-order valence-electron chi connectivity index (χ0n) is 10.8. The van der Waals surface area contributed by atoms with Crippen molar-refractivity contribution in [3.8, 4) is 0 Å². The molecule has 0 saturated carbocycles. The lowest BCUT2D eigenvalue weighted by Crippen LogP contribution is -2.36. The predicted octanol–water partition coefficient (Wildman–Crippen LogP) is 4.13. The average molecular weight is 281 g/mol. The number of rotatable bonds is 4. The minimum atomic E-state index is -0.0951. The molecule has 0 unspecified atom stereocenters. The second kappa shape index (κ2) is 5.39. The number of aromatic nitrogens is 1. The number of thiazole rings is 1. The molecule has 0 radical (unpaired) electrons. The highest BCUT2D eigenvalue weighted by Gasteiger charge is 2.19. The van der Waals surface area contributed by atoms with Crippen LogP contribution in [-0.2, 0) is 12.1 Å². The highest BCUT2D eigenvalue weighted by Crippen LogP contribution is 2.22. The van der Waals surface area contributed by atoms with Gasteiger partial charge >= 0.3 is 0 Å². The van der Waals surface area contributed by atoms with E-state index in [-0.39, 0.29) is 5.54 Å². The van der Waals surface area contributed by atoms with Crippen molar-refractivity contribution in [1.29, 1.82) is 0 Å². The smallest absolute Gasteiger partial charge is 0.0897 e. The summed E-state index contributed by atoms with van der Waals surface area (Å²) in [6.45, 7) is 7.13. The maximum atomic E-state index is 5.91. The van der Waals surface area contributed by atoms with Gasteiger partial charge in [0.05, 0.1) is 10.7 Å². The van der Waals surface area contributed by atoms with Gasteiger partial charge in [-0.1, -0.05) is 23.7 Å². The van der Waals surface area contributed by atoms with E-state index in [9.17, 15) is 0 Å². The van der Waals surface area contributed by atoms with Crippen LogP contribution in [0.3, 0.4) is 0 Å². The molecule has 4 heteroatoms. The highest BCUT2D eigenvalue weighted by molar-refractivity contribution is 7.09. The summed E-state index contributed by atoms with van der Waals surface area (Å²) in [6.07, 6.45) is 0. The molecule has 0 bridgehead atoms. The van der Waals surface area contributed by atoms with Crippen LogP contribution in [0.5, 0.6) is 0 Å². The van der Waals surface area contributed by atoms with Gasteiger partial charge in [-0.2, -0.15) is 0 Å². The molecule has 0 amide bonds. The van der Waals surface area contributed by atoms with E-state index in [0.29, 0.717) is 0 Å². The summed E-state index contributed by atoms with van der Waals surface area (Å²) < 4.78 is 0. The fourth-order valence-corrected chi connectivity index (χ4v) is 2.51. The number of aryl methyl sites for hydroxylation is 1. The lowest BCUT2D eigenvalue weighted by molar-refractivity contribution is 0.399. The first-order valence-electron chi connectivity index (χ1n) is 5.89. The number of nitrogens with zero attached hydrogens (tertiary/aromatic N) is 1. The minimum absolute atomic E-state index is 0.0951. The molecule has 0 spiro atoms. The summed E-state index contributed by atoms with van der Waals surface area (Å²) in [5, 5.41) is 7.50. The van der Waals surface area contributed by atoms with Crippen molar-refractivity contribution in [1.82, 2.24) is 10.3 Å². The Morgan fingerprint density at radius 2 is 1.94 bits per heavy atom. The van der Waals surface area contributed by atoms with E-state index in [2.05, 4.69) is 41.7 Å². The molecule has 2 aromatic rings. The third kappa shape index (κ3) is 3.31. The lowest BCUT2D eigenvalue weighted by Gasteiger charge is -2.26. The van der Waals surface area contributed by atoms with Gasteiger partial charge < -0.3 is 5.32 Å². The van der Waals surface area contributed by atoms with Crippen molar-refractivity contribution in [2.75, 3.05) is 0 Å². The van der Waals surface area contributed by atoms with Gasteiger partial charge in [0, 0.05) is 22.5 Å².